The quantitative estimate of drug-likeness (QED) is 0.825. The molecule has 0 heterocycles. The van der Waals surface area contributed by atoms with Crippen molar-refractivity contribution in [2.75, 3.05) is 11.2 Å². The largest absolute Gasteiger partial charge is 0.325 e. The first-order chi connectivity index (χ1) is 7.93. The van der Waals surface area contributed by atoms with Crippen molar-refractivity contribution in [1.29, 1.82) is 0 Å². The van der Waals surface area contributed by atoms with Gasteiger partial charge >= 0.3 is 6.03 Å². The van der Waals surface area contributed by atoms with E-state index in [0.29, 0.717) is 0 Å². The van der Waals surface area contributed by atoms with Crippen LogP contribution < -0.4 is 10.6 Å². The highest BCUT2D eigenvalue weighted by Crippen LogP contribution is 2.31. The Morgan fingerprint density at radius 2 is 1.76 bits per heavy atom. The summed E-state index contributed by atoms with van der Waals surface area (Å²) in [5.41, 5.74) is 0.00889. The molecule has 1 rings (SSSR count). The third-order valence-electron chi connectivity index (χ3n) is 1.62. The van der Waals surface area contributed by atoms with Gasteiger partial charge in [-0.2, -0.15) is 0 Å². The molecular formula is C9H6Cl3FN2O2. The van der Waals surface area contributed by atoms with Crippen molar-refractivity contribution >= 4 is 52.4 Å². The van der Waals surface area contributed by atoms with E-state index in [2.05, 4.69) is 5.32 Å². The van der Waals surface area contributed by atoms with E-state index < -0.39 is 17.8 Å². The number of halogens is 4. The number of rotatable bonds is 2. The molecule has 0 radical (unpaired) electrons. The van der Waals surface area contributed by atoms with Gasteiger partial charge in [0, 0.05) is 0 Å². The number of nitrogens with one attached hydrogen (secondary N) is 2. The molecule has 0 aliphatic carbocycles. The number of hydrogen-bond donors (Lipinski definition) is 2. The van der Waals surface area contributed by atoms with Crippen LogP contribution in [0.25, 0.3) is 0 Å². The molecule has 0 saturated heterocycles. The fraction of sp³-hybridized carbons (Fsp3) is 0.111. The summed E-state index contributed by atoms with van der Waals surface area (Å²) in [5.74, 6) is -1.68. The van der Waals surface area contributed by atoms with Crippen LogP contribution in [0.4, 0.5) is 14.9 Å². The van der Waals surface area contributed by atoms with Gasteiger partial charge in [0.25, 0.3) is 0 Å². The summed E-state index contributed by atoms with van der Waals surface area (Å²) in [6, 6.07) is 1.10. The first kappa shape index (κ1) is 14.0. The Balaban J connectivity index is 2.82. The lowest BCUT2D eigenvalue weighted by Crippen LogP contribution is -2.35. The summed E-state index contributed by atoms with van der Waals surface area (Å²) in [4.78, 5) is 22.1. The van der Waals surface area contributed by atoms with Gasteiger partial charge in [-0.15, -0.1) is 11.6 Å². The Morgan fingerprint density at radius 1 is 1.24 bits per heavy atom. The predicted octanol–water partition coefficient (Wildman–Crippen LogP) is 3.02. The number of carbonyl (C=O) groups excluding carboxylic acids is 2. The maximum Gasteiger partial charge on any atom is 0.325 e. The first-order valence-corrected chi connectivity index (χ1v) is 5.54. The predicted molar refractivity (Wildman–Crippen MR) is 64.3 cm³/mol. The highest BCUT2D eigenvalue weighted by atomic mass is 35.5. The highest BCUT2D eigenvalue weighted by Gasteiger charge is 2.13. The maximum absolute atomic E-state index is 12.8. The van der Waals surface area contributed by atoms with E-state index in [0.717, 1.165) is 12.1 Å². The molecule has 1 aromatic rings. The van der Waals surface area contributed by atoms with Crippen LogP contribution in [0.2, 0.25) is 10.0 Å². The van der Waals surface area contributed by atoms with Crippen LogP contribution in [-0.4, -0.2) is 17.8 Å². The highest BCUT2D eigenvalue weighted by molar-refractivity contribution is 6.40. The average molecular weight is 300 g/mol. The van der Waals surface area contributed by atoms with Crippen LogP contribution in [0.5, 0.6) is 0 Å². The van der Waals surface area contributed by atoms with Gasteiger partial charge in [0.1, 0.15) is 11.7 Å². The second-order valence-corrected chi connectivity index (χ2v) is 3.96. The number of anilines is 1. The molecular weight excluding hydrogens is 293 g/mol. The van der Waals surface area contributed by atoms with Gasteiger partial charge in [0.2, 0.25) is 5.91 Å². The Kier molecular flexibility index (Phi) is 4.99. The molecule has 1 aromatic carbocycles. The molecule has 3 amide bonds. The summed E-state index contributed by atoms with van der Waals surface area (Å²) < 4.78 is 12.8. The van der Waals surface area contributed by atoms with Crippen molar-refractivity contribution in [3.63, 3.8) is 0 Å². The minimum atomic E-state index is -0.856. The van der Waals surface area contributed by atoms with Crippen LogP contribution >= 0.6 is 34.8 Å². The molecule has 8 heteroatoms. The topological polar surface area (TPSA) is 58.2 Å². The molecule has 2 N–H and O–H groups in total. The van der Waals surface area contributed by atoms with E-state index in [4.69, 9.17) is 34.8 Å². The summed E-state index contributed by atoms with van der Waals surface area (Å²) in [6.07, 6.45) is 0. The third-order valence-corrected chi connectivity index (χ3v) is 2.46. The lowest BCUT2D eigenvalue weighted by molar-refractivity contribution is -0.117. The van der Waals surface area contributed by atoms with E-state index in [9.17, 15) is 14.0 Å². The fourth-order valence-corrected chi connectivity index (χ4v) is 1.59. The maximum atomic E-state index is 12.8. The fourth-order valence-electron chi connectivity index (χ4n) is 0.966. The molecule has 92 valence electrons. The Bertz CT molecular complexity index is 445. The smallest absolute Gasteiger partial charge is 0.305 e. The standard InChI is InChI=1S/C9H6Cl3FN2O2/c10-3-7(16)14-9(17)15-8-5(11)1-4(13)2-6(8)12/h1-2H,3H2,(H2,14,15,16,17). The van der Waals surface area contributed by atoms with Crippen molar-refractivity contribution in [2.45, 2.75) is 0 Å². The SMILES string of the molecule is O=C(CCl)NC(=O)Nc1c(Cl)cc(F)cc1Cl. The summed E-state index contributed by atoms with van der Waals surface area (Å²) in [5, 5.41) is 3.97. The average Bonchev–Trinajstić information content (AvgIpc) is 2.23. The van der Waals surface area contributed by atoms with E-state index in [-0.39, 0.29) is 21.6 Å². The van der Waals surface area contributed by atoms with Crippen LogP contribution in [0.3, 0.4) is 0 Å². The van der Waals surface area contributed by atoms with Crippen LogP contribution in [0.15, 0.2) is 12.1 Å². The number of urea groups is 1. The zero-order valence-corrected chi connectivity index (χ0v) is 10.5. The van der Waals surface area contributed by atoms with Gasteiger partial charge in [-0.05, 0) is 12.1 Å². The van der Waals surface area contributed by atoms with Crippen LogP contribution in [0.1, 0.15) is 0 Å². The molecule has 0 unspecified atom stereocenters. The van der Waals surface area contributed by atoms with Crippen LogP contribution in [-0.2, 0) is 4.79 Å². The Labute approximate surface area is 111 Å². The Morgan fingerprint density at radius 3 is 2.24 bits per heavy atom. The summed E-state index contributed by atoms with van der Waals surface area (Å²) in [7, 11) is 0. The molecule has 0 atom stereocenters. The van der Waals surface area contributed by atoms with Gasteiger partial charge in [-0.1, -0.05) is 23.2 Å². The van der Waals surface area contributed by atoms with Crippen molar-refractivity contribution in [3.8, 4) is 0 Å². The lowest BCUT2D eigenvalue weighted by Gasteiger charge is -2.09. The van der Waals surface area contributed by atoms with E-state index in [1.807, 2.05) is 5.32 Å². The molecule has 0 aliphatic heterocycles. The molecule has 17 heavy (non-hydrogen) atoms. The van der Waals surface area contributed by atoms with Gasteiger partial charge in [0.15, 0.2) is 0 Å². The second kappa shape index (κ2) is 6.05. The van der Waals surface area contributed by atoms with Crippen molar-refractivity contribution in [3.05, 3.63) is 28.0 Å². The van der Waals surface area contributed by atoms with Crippen molar-refractivity contribution in [2.24, 2.45) is 0 Å². The van der Waals surface area contributed by atoms with Gasteiger partial charge in [-0.25, -0.2) is 9.18 Å². The van der Waals surface area contributed by atoms with Gasteiger partial charge in [-0.3, -0.25) is 10.1 Å². The lowest BCUT2D eigenvalue weighted by atomic mass is 10.3. The molecule has 0 aliphatic rings. The molecule has 0 aromatic heterocycles. The van der Waals surface area contributed by atoms with Crippen molar-refractivity contribution < 1.29 is 14.0 Å². The number of carbonyl (C=O) groups is 2. The molecule has 0 fully saturated rings. The number of alkyl halides is 1. The third kappa shape index (κ3) is 4.03. The number of benzene rings is 1. The summed E-state index contributed by atoms with van der Waals surface area (Å²) >= 11 is 16.5. The number of imide groups is 1. The zero-order valence-electron chi connectivity index (χ0n) is 8.19. The normalized spacial score (nSPS) is 9.88. The molecule has 0 bridgehead atoms. The zero-order chi connectivity index (χ0) is 13.0. The van der Waals surface area contributed by atoms with Crippen molar-refractivity contribution in [1.82, 2.24) is 5.32 Å². The van der Waals surface area contributed by atoms with Gasteiger partial charge in [0.05, 0.1) is 15.7 Å². The monoisotopic (exact) mass is 298 g/mol. The molecule has 4 nitrogen and oxygen atoms in total. The molecule has 0 saturated carbocycles. The van der Waals surface area contributed by atoms with Crippen LogP contribution in [0, 0.1) is 5.82 Å². The number of amides is 3. The van der Waals surface area contributed by atoms with E-state index >= 15 is 0 Å². The van der Waals surface area contributed by atoms with E-state index in [1.54, 1.807) is 0 Å². The summed E-state index contributed by atoms with van der Waals surface area (Å²) in [6.45, 7) is 0. The minimum Gasteiger partial charge on any atom is -0.305 e. The second-order valence-electron chi connectivity index (χ2n) is 2.88. The molecule has 0 spiro atoms. The van der Waals surface area contributed by atoms with E-state index in [1.165, 1.54) is 0 Å². The Hall–Kier alpha value is -1.04. The van der Waals surface area contributed by atoms with Gasteiger partial charge < -0.3 is 5.32 Å². The first-order valence-electron chi connectivity index (χ1n) is 4.25. The number of hydrogen-bond acceptors (Lipinski definition) is 2. The minimum absolute atomic E-state index is 0.00889.